The lowest BCUT2D eigenvalue weighted by molar-refractivity contribution is 0.282. The number of aromatic nitrogens is 4. The molecule has 1 unspecified atom stereocenters. The van der Waals surface area contributed by atoms with Gasteiger partial charge in [-0.2, -0.15) is 4.80 Å². The molecular formula is C23H22N4O. The molecule has 1 heterocycles. The van der Waals surface area contributed by atoms with Crippen molar-refractivity contribution in [2.24, 2.45) is 0 Å². The molecule has 0 aliphatic carbocycles. The van der Waals surface area contributed by atoms with Gasteiger partial charge in [0.2, 0.25) is 5.82 Å². The molecule has 0 spiro atoms. The zero-order valence-electron chi connectivity index (χ0n) is 15.9. The van der Waals surface area contributed by atoms with Crippen LogP contribution in [0, 0.1) is 6.92 Å². The Kier molecular flexibility index (Phi) is 5.00. The summed E-state index contributed by atoms with van der Waals surface area (Å²) in [6.07, 6.45) is 0. The van der Waals surface area contributed by atoms with Crippen LogP contribution in [-0.2, 0) is 6.61 Å². The Hall–Kier alpha value is -3.31. The van der Waals surface area contributed by atoms with Gasteiger partial charge in [0.25, 0.3) is 0 Å². The zero-order valence-corrected chi connectivity index (χ0v) is 15.9. The van der Waals surface area contributed by atoms with Crippen molar-refractivity contribution in [3.05, 3.63) is 89.5 Å². The van der Waals surface area contributed by atoms with Crippen LogP contribution in [0.4, 0.5) is 0 Å². The number of benzene rings is 3. The third kappa shape index (κ3) is 3.44. The van der Waals surface area contributed by atoms with Gasteiger partial charge in [-0.15, -0.1) is 10.2 Å². The minimum absolute atomic E-state index is 0.00144. The number of aliphatic hydroxyl groups excluding tert-OH is 1. The lowest BCUT2D eigenvalue weighted by Crippen LogP contribution is -2.11. The quantitative estimate of drug-likeness (QED) is 0.565. The molecule has 0 saturated heterocycles. The van der Waals surface area contributed by atoms with E-state index in [-0.39, 0.29) is 12.6 Å². The molecule has 4 aromatic rings. The number of aliphatic hydroxyl groups is 1. The van der Waals surface area contributed by atoms with E-state index in [1.165, 1.54) is 11.1 Å². The van der Waals surface area contributed by atoms with Gasteiger partial charge in [-0.3, -0.25) is 0 Å². The van der Waals surface area contributed by atoms with Crippen molar-refractivity contribution in [2.75, 3.05) is 0 Å². The molecule has 5 nitrogen and oxygen atoms in total. The Balaban J connectivity index is 1.70. The van der Waals surface area contributed by atoms with Gasteiger partial charge in [0.1, 0.15) is 0 Å². The highest BCUT2D eigenvalue weighted by Crippen LogP contribution is 2.30. The first kappa shape index (κ1) is 18.1. The summed E-state index contributed by atoms with van der Waals surface area (Å²) in [6.45, 7) is 4.21. The minimum atomic E-state index is -0.00144. The van der Waals surface area contributed by atoms with Crippen LogP contribution in [0.5, 0.6) is 0 Å². The molecule has 5 heteroatoms. The van der Waals surface area contributed by atoms with Crippen LogP contribution in [0.3, 0.4) is 0 Å². The third-order valence-electron chi connectivity index (χ3n) is 5.03. The summed E-state index contributed by atoms with van der Waals surface area (Å²) in [7, 11) is 0. The van der Waals surface area contributed by atoms with Gasteiger partial charge in [-0.1, -0.05) is 72.8 Å². The minimum Gasteiger partial charge on any atom is -0.392 e. The number of nitrogens with zero attached hydrogens (tertiary/aromatic N) is 4. The molecule has 0 aliphatic heterocycles. The Bertz CT molecular complexity index is 1090. The predicted molar refractivity (Wildman–Crippen MR) is 110 cm³/mol. The molecule has 28 heavy (non-hydrogen) atoms. The molecule has 1 atom stereocenters. The van der Waals surface area contributed by atoms with Crippen molar-refractivity contribution in [2.45, 2.75) is 26.5 Å². The molecule has 0 fully saturated rings. The highest BCUT2D eigenvalue weighted by atomic mass is 16.3. The lowest BCUT2D eigenvalue weighted by Gasteiger charge is -2.12. The molecule has 140 valence electrons. The molecule has 0 saturated carbocycles. The van der Waals surface area contributed by atoms with Gasteiger partial charge in [0.05, 0.1) is 12.6 Å². The number of hydrogen-bond donors (Lipinski definition) is 1. The van der Waals surface area contributed by atoms with Crippen molar-refractivity contribution in [1.82, 2.24) is 20.2 Å². The van der Waals surface area contributed by atoms with Crippen molar-refractivity contribution in [1.29, 1.82) is 0 Å². The second-order valence-electron chi connectivity index (χ2n) is 6.87. The summed E-state index contributed by atoms with van der Waals surface area (Å²) in [4.78, 5) is 1.67. The van der Waals surface area contributed by atoms with Gasteiger partial charge in [0, 0.05) is 5.56 Å². The average Bonchev–Trinajstić information content (AvgIpc) is 3.24. The van der Waals surface area contributed by atoms with Crippen molar-refractivity contribution in [3.63, 3.8) is 0 Å². The zero-order chi connectivity index (χ0) is 19.5. The highest BCUT2D eigenvalue weighted by molar-refractivity contribution is 5.80. The summed E-state index contributed by atoms with van der Waals surface area (Å²) in [5.74, 6) is 0.599. The van der Waals surface area contributed by atoms with Gasteiger partial charge in [0.15, 0.2) is 0 Å². The monoisotopic (exact) mass is 370 g/mol. The van der Waals surface area contributed by atoms with Crippen LogP contribution in [0.15, 0.2) is 72.8 Å². The lowest BCUT2D eigenvalue weighted by atomic mass is 9.98. The molecular weight excluding hydrogens is 348 g/mol. The fraction of sp³-hybridized carbons (Fsp3) is 0.174. The second-order valence-corrected chi connectivity index (χ2v) is 6.87. The summed E-state index contributed by atoms with van der Waals surface area (Å²) in [5.41, 5.74) is 6.29. The Morgan fingerprint density at radius 1 is 0.893 bits per heavy atom. The van der Waals surface area contributed by atoms with Crippen LogP contribution in [0.25, 0.3) is 22.5 Å². The van der Waals surface area contributed by atoms with Crippen LogP contribution in [0.2, 0.25) is 0 Å². The fourth-order valence-corrected chi connectivity index (χ4v) is 3.40. The second kappa shape index (κ2) is 7.74. The Morgan fingerprint density at radius 3 is 2.29 bits per heavy atom. The van der Waals surface area contributed by atoms with Gasteiger partial charge in [-0.25, -0.2) is 0 Å². The molecule has 1 N–H and O–H groups in total. The topological polar surface area (TPSA) is 63.8 Å². The van der Waals surface area contributed by atoms with E-state index in [1.807, 2.05) is 54.6 Å². The molecule has 0 bridgehead atoms. The molecule has 3 aromatic carbocycles. The van der Waals surface area contributed by atoms with Crippen LogP contribution < -0.4 is 0 Å². The maximum atomic E-state index is 9.27. The van der Waals surface area contributed by atoms with Crippen LogP contribution >= 0.6 is 0 Å². The number of rotatable bonds is 5. The fourth-order valence-electron chi connectivity index (χ4n) is 3.40. The molecule has 0 aliphatic rings. The third-order valence-corrected chi connectivity index (χ3v) is 5.03. The van der Waals surface area contributed by atoms with Crippen molar-refractivity contribution < 1.29 is 5.11 Å². The summed E-state index contributed by atoms with van der Waals surface area (Å²) < 4.78 is 0. The molecule has 0 amide bonds. The largest absolute Gasteiger partial charge is 0.392 e. The van der Waals surface area contributed by atoms with E-state index in [9.17, 15) is 5.11 Å². The van der Waals surface area contributed by atoms with E-state index < -0.39 is 0 Å². The number of aryl methyl sites for hydroxylation is 1. The van der Waals surface area contributed by atoms with E-state index in [4.69, 9.17) is 0 Å². The Labute approximate surface area is 164 Å². The van der Waals surface area contributed by atoms with E-state index >= 15 is 0 Å². The van der Waals surface area contributed by atoms with Gasteiger partial charge >= 0.3 is 0 Å². The highest BCUT2D eigenvalue weighted by Gasteiger charge is 2.16. The van der Waals surface area contributed by atoms with Gasteiger partial charge in [-0.05, 0) is 46.9 Å². The number of hydrogen-bond acceptors (Lipinski definition) is 4. The van der Waals surface area contributed by atoms with Crippen LogP contribution in [-0.4, -0.2) is 25.3 Å². The summed E-state index contributed by atoms with van der Waals surface area (Å²) in [5, 5.41) is 22.6. The number of tetrazole rings is 1. The predicted octanol–water partition coefficient (Wildman–Crippen LogP) is 4.42. The maximum absolute atomic E-state index is 9.27. The molecule has 1 aromatic heterocycles. The average molecular weight is 370 g/mol. The normalized spacial score (nSPS) is 12.1. The first-order valence-electron chi connectivity index (χ1n) is 9.32. The molecule has 4 rings (SSSR count). The molecule has 0 radical (unpaired) electrons. The SMILES string of the molecule is Cc1ccccc1C(C)n1nnc(-c2ccccc2-c2ccc(CO)cc2)n1. The maximum Gasteiger partial charge on any atom is 0.205 e. The Morgan fingerprint density at radius 2 is 1.57 bits per heavy atom. The van der Waals surface area contributed by atoms with E-state index in [1.54, 1.807) is 4.80 Å². The summed E-state index contributed by atoms with van der Waals surface area (Å²) in [6, 6.07) is 24.2. The van der Waals surface area contributed by atoms with E-state index in [2.05, 4.69) is 47.5 Å². The van der Waals surface area contributed by atoms with Crippen molar-refractivity contribution in [3.8, 4) is 22.5 Å². The standard InChI is InChI=1S/C23H22N4O/c1-16-7-3-4-8-20(16)17(2)27-25-23(24-26-27)22-10-6-5-9-21(22)19-13-11-18(15-28)12-14-19/h3-14,17,28H,15H2,1-2H3. The smallest absolute Gasteiger partial charge is 0.205 e. The van der Waals surface area contributed by atoms with Crippen molar-refractivity contribution >= 4 is 0 Å². The van der Waals surface area contributed by atoms with Crippen LogP contribution in [0.1, 0.15) is 29.7 Å². The van der Waals surface area contributed by atoms with Gasteiger partial charge < -0.3 is 5.11 Å². The summed E-state index contributed by atoms with van der Waals surface area (Å²) >= 11 is 0. The first-order valence-corrected chi connectivity index (χ1v) is 9.32. The first-order chi connectivity index (χ1) is 13.7. The van der Waals surface area contributed by atoms with E-state index in [0.29, 0.717) is 5.82 Å². The van der Waals surface area contributed by atoms with E-state index in [0.717, 1.165) is 22.3 Å².